The maximum Gasteiger partial charge on any atom is 0.344 e. The molecule has 6 nitrogen and oxygen atoms in total. The Morgan fingerprint density at radius 3 is 2.57 bits per heavy atom. The van der Waals surface area contributed by atoms with Crippen molar-refractivity contribution in [3.8, 4) is 11.5 Å². The van der Waals surface area contributed by atoms with Gasteiger partial charge in [0.25, 0.3) is 0 Å². The fourth-order valence-electron chi connectivity index (χ4n) is 2.67. The fourth-order valence-corrected chi connectivity index (χ4v) is 2.93. The number of carbonyl (C=O) groups excluding carboxylic acids is 1. The van der Waals surface area contributed by atoms with Gasteiger partial charge in [0, 0.05) is 6.04 Å². The molecule has 0 spiro atoms. The van der Waals surface area contributed by atoms with E-state index in [-0.39, 0.29) is 18.4 Å². The molecule has 0 saturated carbocycles. The van der Waals surface area contributed by atoms with Crippen LogP contribution in [0.1, 0.15) is 31.1 Å². The van der Waals surface area contributed by atoms with Crippen LogP contribution >= 0.6 is 11.6 Å². The van der Waals surface area contributed by atoms with Gasteiger partial charge in [-0.2, -0.15) is 0 Å². The zero-order valence-electron chi connectivity index (χ0n) is 16.0. The van der Waals surface area contributed by atoms with Crippen LogP contribution in [-0.2, 0) is 16.0 Å². The number of carbonyl (C=O) groups is 1. The SMILES string of the molecule is CCOC(=O)COc1ccc(CCN[C@@H](C)[C@H](O)c2ccc(O)cc2)cc1Cl. The van der Waals surface area contributed by atoms with Crippen molar-refractivity contribution in [1.82, 2.24) is 5.32 Å². The summed E-state index contributed by atoms with van der Waals surface area (Å²) in [6.07, 6.45) is 0.0349. The molecular formula is C21H26ClNO5. The van der Waals surface area contributed by atoms with Gasteiger partial charge in [0.15, 0.2) is 6.61 Å². The molecule has 0 radical (unpaired) electrons. The van der Waals surface area contributed by atoms with Crippen LogP contribution in [0.4, 0.5) is 0 Å². The minimum Gasteiger partial charge on any atom is -0.508 e. The highest BCUT2D eigenvalue weighted by atomic mass is 35.5. The van der Waals surface area contributed by atoms with Crippen molar-refractivity contribution in [2.24, 2.45) is 0 Å². The van der Waals surface area contributed by atoms with Crippen LogP contribution in [0.3, 0.4) is 0 Å². The van der Waals surface area contributed by atoms with Crippen LogP contribution in [0, 0.1) is 0 Å². The Bertz CT molecular complexity index is 766. The third-order valence-electron chi connectivity index (χ3n) is 4.24. The molecule has 0 aliphatic heterocycles. The maximum absolute atomic E-state index is 11.3. The summed E-state index contributed by atoms with van der Waals surface area (Å²) in [5, 5.41) is 23.4. The van der Waals surface area contributed by atoms with Gasteiger partial charge < -0.3 is 25.0 Å². The smallest absolute Gasteiger partial charge is 0.344 e. The molecule has 2 atom stereocenters. The van der Waals surface area contributed by atoms with E-state index in [0.717, 1.165) is 11.1 Å². The summed E-state index contributed by atoms with van der Waals surface area (Å²) in [7, 11) is 0. The van der Waals surface area contributed by atoms with E-state index < -0.39 is 12.1 Å². The number of halogens is 1. The van der Waals surface area contributed by atoms with Crippen molar-refractivity contribution in [3.63, 3.8) is 0 Å². The molecule has 0 bridgehead atoms. The van der Waals surface area contributed by atoms with Crippen molar-refractivity contribution in [2.75, 3.05) is 19.8 Å². The van der Waals surface area contributed by atoms with Crippen LogP contribution < -0.4 is 10.1 Å². The van der Waals surface area contributed by atoms with Crippen LogP contribution in [0.5, 0.6) is 11.5 Å². The standard InChI is InChI=1S/C21H26ClNO5/c1-3-27-20(25)13-28-19-9-4-15(12-18(19)22)10-11-23-14(2)21(26)16-5-7-17(24)8-6-16/h4-9,12,14,21,23-24,26H,3,10-11,13H2,1-2H3/t14-,21-/m0/s1. The number of esters is 1. The lowest BCUT2D eigenvalue weighted by Gasteiger charge is -2.21. The maximum atomic E-state index is 11.3. The molecule has 28 heavy (non-hydrogen) atoms. The lowest BCUT2D eigenvalue weighted by molar-refractivity contribution is -0.145. The van der Waals surface area contributed by atoms with E-state index >= 15 is 0 Å². The molecule has 0 unspecified atom stereocenters. The molecule has 2 aromatic carbocycles. The molecule has 0 aliphatic rings. The van der Waals surface area contributed by atoms with Gasteiger partial charge in [-0.1, -0.05) is 29.8 Å². The monoisotopic (exact) mass is 407 g/mol. The number of nitrogens with one attached hydrogen (secondary N) is 1. The quantitative estimate of drug-likeness (QED) is 0.524. The summed E-state index contributed by atoms with van der Waals surface area (Å²) in [5.74, 6) is 0.165. The molecule has 0 saturated heterocycles. The number of ether oxygens (including phenoxy) is 2. The first-order valence-electron chi connectivity index (χ1n) is 9.18. The number of aromatic hydroxyl groups is 1. The lowest BCUT2D eigenvalue weighted by Crippen LogP contribution is -2.33. The molecule has 2 aromatic rings. The number of aliphatic hydroxyl groups is 1. The van der Waals surface area contributed by atoms with E-state index in [4.69, 9.17) is 21.1 Å². The Labute approximate surface area is 170 Å². The summed E-state index contributed by atoms with van der Waals surface area (Å²) in [4.78, 5) is 11.3. The van der Waals surface area contributed by atoms with E-state index in [1.807, 2.05) is 13.0 Å². The summed E-state index contributed by atoms with van der Waals surface area (Å²) in [6.45, 7) is 4.41. The fraction of sp³-hybridized carbons (Fsp3) is 0.381. The highest BCUT2D eigenvalue weighted by Crippen LogP contribution is 2.26. The highest BCUT2D eigenvalue weighted by molar-refractivity contribution is 6.32. The van der Waals surface area contributed by atoms with Gasteiger partial charge in [-0.25, -0.2) is 4.79 Å². The predicted octanol–water partition coefficient (Wildman–Crippen LogP) is 3.24. The first-order chi connectivity index (χ1) is 13.4. The Morgan fingerprint density at radius 1 is 1.21 bits per heavy atom. The van der Waals surface area contributed by atoms with Gasteiger partial charge in [-0.15, -0.1) is 0 Å². The third-order valence-corrected chi connectivity index (χ3v) is 4.53. The summed E-state index contributed by atoms with van der Waals surface area (Å²) >= 11 is 6.22. The van der Waals surface area contributed by atoms with E-state index in [9.17, 15) is 15.0 Å². The number of benzene rings is 2. The van der Waals surface area contributed by atoms with Crippen LogP contribution in [-0.4, -0.2) is 42.0 Å². The zero-order valence-corrected chi connectivity index (χ0v) is 16.8. The molecular weight excluding hydrogens is 382 g/mol. The number of phenolic OH excluding ortho intramolecular Hbond substituents is 1. The third kappa shape index (κ3) is 6.71. The minimum atomic E-state index is -0.678. The van der Waals surface area contributed by atoms with E-state index in [0.29, 0.717) is 30.3 Å². The Hall–Kier alpha value is -2.28. The number of hydrogen-bond donors (Lipinski definition) is 3. The Morgan fingerprint density at radius 2 is 1.93 bits per heavy atom. The molecule has 0 heterocycles. The van der Waals surface area contributed by atoms with E-state index in [1.165, 1.54) is 0 Å². The van der Waals surface area contributed by atoms with E-state index in [2.05, 4.69) is 5.32 Å². The average Bonchev–Trinajstić information content (AvgIpc) is 2.67. The molecule has 7 heteroatoms. The van der Waals surface area contributed by atoms with Gasteiger partial charge in [0.2, 0.25) is 0 Å². The molecule has 3 N–H and O–H groups in total. The van der Waals surface area contributed by atoms with Crippen LogP contribution in [0.25, 0.3) is 0 Å². The predicted molar refractivity (Wildman–Crippen MR) is 108 cm³/mol. The molecule has 0 aromatic heterocycles. The normalized spacial score (nSPS) is 13.0. The zero-order chi connectivity index (χ0) is 20.5. The van der Waals surface area contributed by atoms with Crippen molar-refractivity contribution in [2.45, 2.75) is 32.4 Å². The van der Waals surface area contributed by atoms with E-state index in [1.54, 1.807) is 43.3 Å². The lowest BCUT2D eigenvalue weighted by atomic mass is 10.0. The van der Waals surface area contributed by atoms with Crippen LogP contribution in [0.15, 0.2) is 42.5 Å². The van der Waals surface area contributed by atoms with Crippen molar-refractivity contribution >= 4 is 17.6 Å². The largest absolute Gasteiger partial charge is 0.508 e. The molecule has 0 aliphatic carbocycles. The molecule has 152 valence electrons. The Balaban J connectivity index is 1.81. The van der Waals surface area contributed by atoms with Gasteiger partial charge >= 0.3 is 5.97 Å². The number of hydrogen-bond acceptors (Lipinski definition) is 6. The molecule has 0 fully saturated rings. The van der Waals surface area contributed by atoms with Crippen molar-refractivity contribution in [1.29, 1.82) is 0 Å². The second kappa shape index (κ2) is 10.9. The number of aliphatic hydroxyl groups excluding tert-OH is 1. The number of phenols is 1. The van der Waals surface area contributed by atoms with Gasteiger partial charge in [-0.3, -0.25) is 0 Å². The molecule has 0 amide bonds. The van der Waals surface area contributed by atoms with Gasteiger partial charge in [0.1, 0.15) is 11.5 Å². The highest BCUT2D eigenvalue weighted by Gasteiger charge is 2.15. The average molecular weight is 408 g/mol. The Kier molecular flexibility index (Phi) is 8.57. The number of rotatable bonds is 10. The molecule has 2 rings (SSSR count). The summed E-state index contributed by atoms with van der Waals surface area (Å²) < 4.78 is 10.2. The second-order valence-corrected chi connectivity index (χ2v) is 6.79. The second-order valence-electron chi connectivity index (χ2n) is 6.39. The van der Waals surface area contributed by atoms with Crippen molar-refractivity contribution in [3.05, 3.63) is 58.6 Å². The minimum absolute atomic E-state index is 0.160. The van der Waals surface area contributed by atoms with Crippen molar-refractivity contribution < 1.29 is 24.5 Å². The summed E-state index contributed by atoms with van der Waals surface area (Å²) in [6, 6.07) is 11.8. The van der Waals surface area contributed by atoms with Gasteiger partial charge in [-0.05, 0) is 62.2 Å². The van der Waals surface area contributed by atoms with Gasteiger partial charge in [0.05, 0.1) is 17.7 Å². The first kappa shape index (κ1) is 22.0. The topological polar surface area (TPSA) is 88.0 Å². The van der Waals surface area contributed by atoms with Crippen LogP contribution in [0.2, 0.25) is 5.02 Å². The first-order valence-corrected chi connectivity index (χ1v) is 9.55. The summed E-state index contributed by atoms with van der Waals surface area (Å²) in [5.41, 5.74) is 1.75.